The number of alkyl halides is 4. The van der Waals surface area contributed by atoms with Gasteiger partial charge in [-0.15, -0.1) is 11.8 Å². The Morgan fingerprint density at radius 3 is 2.77 bits per heavy atom. The van der Waals surface area contributed by atoms with E-state index in [2.05, 4.69) is 9.88 Å². The summed E-state index contributed by atoms with van der Waals surface area (Å²) in [4.78, 5) is 18.7. The first kappa shape index (κ1) is 30.1. The number of likely N-dealkylation sites (tertiary alicyclic amines) is 1. The molecule has 2 heterocycles. The van der Waals surface area contributed by atoms with Crippen molar-refractivity contribution in [3.63, 3.8) is 0 Å². The van der Waals surface area contributed by atoms with Crippen molar-refractivity contribution in [3.05, 3.63) is 65.9 Å². The Hall–Kier alpha value is -2.85. The van der Waals surface area contributed by atoms with Crippen LogP contribution in [-0.2, 0) is 11.0 Å². The standard InChI is InChI=1S/C30H34F4N2O3S/c1-39-23-7-9-28-26(18-23)25(10-12-35-28)27(31)8-6-20-11-14-36(19-21(20)16-29(37)38)13-3-15-40-24-5-2-4-22(17-24)30(32,33)34/h2,4-5,7,9-10,12,17-18,20-21,27H,3,6,8,11,13-16,19H2,1H3,(H,37,38)/t20-,21+,27-/m1/s1. The molecular weight excluding hydrogens is 544 g/mol. The van der Waals surface area contributed by atoms with Crippen LogP contribution >= 0.6 is 11.8 Å². The predicted octanol–water partition coefficient (Wildman–Crippen LogP) is 7.65. The number of thioether (sulfide) groups is 1. The normalized spacial score (nSPS) is 19.0. The zero-order valence-electron chi connectivity index (χ0n) is 22.4. The summed E-state index contributed by atoms with van der Waals surface area (Å²) in [6.07, 6.45) is -1.47. The van der Waals surface area contributed by atoms with E-state index in [1.807, 2.05) is 0 Å². The van der Waals surface area contributed by atoms with Gasteiger partial charge >= 0.3 is 12.1 Å². The minimum absolute atomic E-state index is 0.0342. The molecule has 1 saturated heterocycles. The lowest BCUT2D eigenvalue weighted by molar-refractivity contribution is -0.139. The van der Waals surface area contributed by atoms with Gasteiger partial charge in [-0.25, -0.2) is 4.39 Å². The van der Waals surface area contributed by atoms with E-state index in [-0.39, 0.29) is 18.3 Å². The number of methoxy groups -OCH3 is 1. The molecule has 10 heteroatoms. The Morgan fingerprint density at radius 2 is 2.02 bits per heavy atom. The number of aromatic nitrogens is 1. The van der Waals surface area contributed by atoms with Crippen molar-refractivity contribution in [3.8, 4) is 5.75 Å². The zero-order valence-corrected chi connectivity index (χ0v) is 23.2. The van der Waals surface area contributed by atoms with Gasteiger partial charge in [0.05, 0.1) is 18.2 Å². The topological polar surface area (TPSA) is 62.7 Å². The first-order valence-corrected chi connectivity index (χ1v) is 14.4. The number of pyridine rings is 1. The number of aliphatic carboxylic acids is 1. The maximum Gasteiger partial charge on any atom is 0.416 e. The Morgan fingerprint density at radius 1 is 1.20 bits per heavy atom. The minimum Gasteiger partial charge on any atom is -0.497 e. The van der Waals surface area contributed by atoms with Crippen LogP contribution in [0.1, 0.15) is 49.4 Å². The highest BCUT2D eigenvalue weighted by atomic mass is 32.2. The van der Waals surface area contributed by atoms with E-state index in [9.17, 15) is 23.1 Å². The number of carboxylic acids is 1. The predicted molar refractivity (Wildman–Crippen MR) is 148 cm³/mol. The van der Waals surface area contributed by atoms with Crippen LogP contribution < -0.4 is 4.74 Å². The van der Waals surface area contributed by atoms with Crippen LogP contribution in [0.25, 0.3) is 10.9 Å². The van der Waals surface area contributed by atoms with Crippen LogP contribution in [0, 0.1) is 11.8 Å². The van der Waals surface area contributed by atoms with Crippen molar-refractivity contribution < 1.29 is 32.2 Å². The number of fused-ring (bicyclic) bond motifs is 1. The number of carbonyl (C=O) groups is 1. The quantitative estimate of drug-likeness (QED) is 0.135. The van der Waals surface area contributed by atoms with Gasteiger partial charge in [-0.3, -0.25) is 9.78 Å². The van der Waals surface area contributed by atoms with E-state index in [4.69, 9.17) is 4.74 Å². The Bertz CT molecular complexity index is 1290. The fraction of sp³-hybridized carbons (Fsp3) is 0.467. The highest BCUT2D eigenvalue weighted by molar-refractivity contribution is 7.99. The molecule has 0 amide bonds. The molecule has 0 spiro atoms. The summed E-state index contributed by atoms with van der Waals surface area (Å²) in [6.45, 7) is 2.16. The lowest BCUT2D eigenvalue weighted by atomic mass is 9.79. The molecule has 4 rings (SSSR count). The largest absolute Gasteiger partial charge is 0.497 e. The van der Waals surface area contributed by atoms with E-state index < -0.39 is 23.9 Å². The third-order valence-corrected chi connectivity index (χ3v) is 8.65. The lowest BCUT2D eigenvalue weighted by Crippen LogP contribution is -2.42. The number of hydrogen-bond donors (Lipinski definition) is 1. The van der Waals surface area contributed by atoms with Gasteiger partial charge < -0.3 is 14.7 Å². The van der Waals surface area contributed by atoms with Crippen molar-refractivity contribution in [1.29, 1.82) is 0 Å². The summed E-state index contributed by atoms with van der Waals surface area (Å²) < 4.78 is 59.6. The third kappa shape index (κ3) is 8.10. The average Bonchev–Trinajstić information content (AvgIpc) is 2.93. The molecule has 5 nitrogen and oxygen atoms in total. The molecule has 0 unspecified atom stereocenters. The molecule has 1 N–H and O–H groups in total. The maximum atomic E-state index is 15.5. The molecule has 0 bridgehead atoms. The molecular formula is C30H34F4N2O3S. The number of hydrogen-bond acceptors (Lipinski definition) is 5. The Kier molecular flexibility index (Phi) is 10.3. The van der Waals surface area contributed by atoms with E-state index in [0.29, 0.717) is 52.3 Å². The van der Waals surface area contributed by atoms with E-state index >= 15 is 4.39 Å². The number of ether oxygens (including phenoxy) is 1. The van der Waals surface area contributed by atoms with Gasteiger partial charge in [0.1, 0.15) is 11.9 Å². The fourth-order valence-corrected chi connectivity index (χ4v) is 6.39. The summed E-state index contributed by atoms with van der Waals surface area (Å²) in [6, 6.07) is 12.4. The van der Waals surface area contributed by atoms with E-state index in [0.717, 1.165) is 32.0 Å². The fourth-order valence-electron chi connectivity index (χ4n) is 5.50. The van der Waals surface area contributed by atoms with Crippen LogP contribution in [0.15, 0.2) is 59.6 Å². The van der Waals surface area contributed by atoms with Gasteiger partial charge in [0.2, 0.25) is 0 Å². The molecule has 1 fully saturated rings. The van der Waals surface area contributed by atoms with Crippen molar-refractivity contribution in [1.82, 2.24) is 9.88 Å². The van der Waals surface area contributed by atoms with Crippen molar-refractivity contribution >= 4 is 28.6 Å². The number of halogens is 4. The van der Waals surface area contributed by atoms with Crippen LogP contribution in [0.4, 0.5) is 17.6 Å². The molecule has 40 heavy (non-hydrogen) atoms. The second kappa shape index (κ2) is 13.7. The van der Waals surface area contributed by atoms with Gasteiger partial charge in [-0.1, -0.05) is 6.07 Å². The molecule has 3 atom stereocenters. The van der Waals surface area contributed by atoms with Crippen LogP contribution in [0.2, 0.25) is 0 Å². The molecule has 0 aliphatic carbocycles. The first-order valence-electron chi connectivity index (χ1n) is 13.4. The summed E-state index contributed by atoms with van der Waals surface area (Å²) in [5, 5.41) is 10.2. The second-order valence-corrected chi connectivity index (χ2v) is 11.4. The SMILES string of the molecule is COc1ccc2nccc([C@H](F)CC[C@@H]3CCN(CCCSc4cccc(C(F)(F)F)c4)C[C@@H]3CC(=O)O)c2c1. The number of nitrogens with zero attached hydrogens (tertiary/aromatic N) is 2. The smallest absolute Gasteiger partial charge is 0.416 e. The van der Waals surface area contributed by atoms with Crippen LogP contribution in [-0.4, -0.2) is 53.5 Å². The number of benzene rings is 2. The molecule has 1 aromatic heterocycles. The minimum atomic E-state index is -4.36. The van der Waals surface area contributed by atoms with Gasteiger partial charge in [-0.05, 0) is 104 Å². The van der Waals surface area contributed by atoms with E-state index in [1.165, 1.54) is 23.9 Å². The lowest BCUT2D eigenvalue weighted by Gasteiger charge is -2.38. The average molecular weight is 579 g/mol. The molecule has 0 saturated carbocycles. The summed E-state index contributed by atoms with van der Waals surface area (Å²) in [7, 11) is 1.56. The summed E-state index contributed by atoms with van der Waals surface area (Å²) >= 11 is 1.39. The van der Waals surface area contributed by atoms with Crippen molar-refractivity contribution in [2.75, 3.05) is 32.5 Å². The number of piperidine rings is 1. The van der Waals surface area contributed by atoms with Gasteiger partial charge in [0.25, 0.3) is 0 Å². The van der Waals surface area contributed by atoms with Gasteiger partial charge in [0, 0.05) is 29.4 Å². The number of rotatable bonds is 12. The zero-order chi connectivity index (χ0) is 28.7. The highest BCUT2D eigenvalue weighted by Crippen LogP contribution is 2.37. The summed E-state index contributed by atoms with van der Waals surface area (Å²) in [5.41, 5.74) is 0.613. The second-order valence-electron chi connectivity index (χ2n) is 10.3. The monoisotopic (exact) mass is 578 g/mol. The van der Waals surface area contributed by atoms with Crippen molar-refractivity contribution in [2.24, 2.45) is 11.8 Å². The van der Waals surface area contributed by atoms with Crippen molar-refractivity contribution in [2.45, 2.75) is 49.3 Å². The van der Waals surface area contributed by atoms with Crippen LogP contribution in [0.5, 0.6) is 5.75 Å². The first-order chi connectivity index (χ1) is 19.1. The molecule has 2 aromatic carbocycles. The Balaban J connectivity index is 1.29. The molecule has 216 valence electrons. The molecule has 1 aliphatic heterocycles. The summed E-state index contributed by atoms with van der Waals surface area (Å²) in [5.74, 6) is 0.465. The maximum absolute atomic E-state index is 15.5. The number of carboxylic acid groups (broad SMARTS) is 1. The molecule has 1 aliphatic rings. The third-order valence-electron chi connectivity index (χ3n) is 7.57. The van der Waals surface area contributed by atoms with E-state index in [1.54, 1.807) is 43.6 Å². The highest BCUT2D eigenvalue weighted by Gasteiger charge is 2.32. The molecule has 0 radical (unpaired) electrons. The Labute approximate surface area is 235 Å². The molecule has 3 aromatic rings. The van der Waals surface area contributed by atoms with Crippen LogP contribution in [0.3, 0.4) is 0 Å². The van der Waals surface area contributed by atoms with Gasteiger partial charge in [0.15, 0.2) is 0 Å². The van der Waals surface area contributed by atoms with Gasteiger partial charge in [-0.2, -0.15) is 13.2 Å².